The van der Waals surface area contributed by atoms with Crippen molar-refractivity contribution in [3.05, 3.63) is 0 Å². The summed E-state index contributed by atoms with van der Waals surface area (Å²) in [5.74, 6) is 1.14. The third-order valence-corrected chi connectivity index (χ3v) is 5.67. The molecule has 0 aromatic rings. The second-order valence-corrected chi connectivity index (χ2v) is 7.38. The van der Waals surface area contributed by atoms with E-state index in [9.17, 15) is 8.42 Å². The van der Waals surface area contributed by atoms with Crippen molar-refractivity contribution < 1.29 is 8.42 Å². The molecule has 0 aromatic carbocycles. The molecule has 0 aromatic heterocycles. The zero-order valence-corrected chi connectivity index (χ0v) is 12.0. The van der Waals surface area contributed by atoms with Crippen LogP contribution in [0.2, 0.25) is 0 Å². The van der Waals surface area contributed by atoms with Crippen molar-refractivity contribution in [3.8, 4) is 0 Å². The van der Waals surface area contributed by atoms with Gasteiger partial charge in [0.25, 0.3) is 10.2 Å². The predicted molar refractivity (Wildman–Crippen MR) is 72.5 cm³/mol. The van der Waals surface area contributed by atoms with Gasteiger partial charge in [-0.25, -0.2) is 4.72 Å². The molecule has 2 aliphatic heterocycles. The molecule has 0 unspecified atom stereocenters. The average Bonchev–Trinajstić information content (AvgIpc) is 2.38. The van der Waals surface area contributed by atoms with Crippen LogP contribution in [-0.2, 0) is 10.2 Å². The summed E-state index contributed by atoms with van der Waals surface area (Å²) in [5, 5.41) is 3.29. The quantitative estimate of drug-likeness (QED) is 0.788. The first-order valence-corrected chi connectivity index (χ1v) is 8.47. The first kappa shape index (κ1) is 14.2. The van der Waals surface area contributed by atoms with Gasteiger partial charge in [-0.2, -0.15) is 12.7 Å². The molecule has 0 spiro atoms. The first-order chi connectivity index (χ1) is 8.58. The maximum Gasteiger partial charge on any atom is 0.279 e. The molecule has 106 valence electrons. The average molecular weight is 275 g/mol. The highest BCUT2D eigenvalue weighted by Crippen LogP contribution is 2.18. The van der Waals surface area contributed by atoms with Crippen molar-refractivity contribution in [2.24, 2.45) is 11.8 Å². The van der Waals surface area contributed by atoms with Gasteiger partial charge in [0.05, 0.1) is 0 Å². The van der Waals surface area contributed by atoms with E-state index >= 15 is 0 Å². The maximum absolute atomic E-state index is 12.1. The molecule has 18 heavy (non-hydrogen) atoms. The van der Waals surface area contributed by atoms with E-state index in [2.05, 4.69) is 17.0 Å². The minimum atomic E-state index is -3.24. The molecule has 6 heteroatoms. The molecule has 0 radical (unpaired) electrons. The Bertz CT molecular complexity index is 344. The fourth-order valence-electron chi connectivity index (χ4n) is 2.63. The van der Waals surface area contributed by atoms with Crippen molar-refractivity contribution in [2.45, 2.75) is 32.6 Å². The maximum atomic E-state index is 12.1. The van der Waals surface area contributed by atoms with Crippen LogP contribution in [0.3, 0.4) is 0 Å². The van der Waals surface area contributed by atoms with Gasteiger partial charge in [-0.3, -0.25) is 0 Å². The highest BCUT2D eigenvalue weighted by molar-refractivity contribution is 7.87. The summed E-state index contributed by atoms with van der Waals surface area (Å²) in [6, 6.07) is 0. The molecule has 0 atom stereocenters. The molecule has 2 N–H and O–H groups in total. The molecule has 2 fully saturated rings. The Kier molecular flexibility index (Phi) is 5.00. The number of piperidine rings is 2. The highest BCUT2D eigenvalue weighted by atomic mass is 32.2. The van der Waals surface area contributed by atoms with E-state index in [1.165, 1.54) is 0 Å². The van der Waals surface area contributed by atoms with Gasteiger partial charge in [-0.05, 0) is 50.6 Å². The van der Waals surface area contributed by atoms with Crippen LogP contribution in [0.4, 0.5) is 0 Å². The lowest BCUT2D eigenvalue weighted by atomic mass is 9.99. The van der Waals surface area contributed by atoms with Gasteiger partial charge in [0.1, 0.15) is 0 Å². The van der Waals surface area contributed by atoms with Crippen LogP contribution in [0.15, 0.2) is 0 Å². The van der Waals surface area contributed by atoms with E-state index in [1.54, 1.807) is 4.31 Å². The lowest BCUT2D eigenvalue weighted by molar-refractivity contribution is 0.282. The normalized spacial score (nSPS) is 25.4. The monoisotopic (exact) mass is 275 g/mol. The van der Waals surface area contributed by atoms with E-state index < -0.39 is 10.2 Å². The molecule has 2 heterocycles. The van der Waals surface area contributed by atoms with Crippen LogP contribution >= 0.6 is 0 Å². The van der Waals surface area contributed by atoms with Crippen LogP contribution in [-0.4, -0.2) is 45.4 Å². The Balaban J connectivity index is 1.79. The summed E-state index contributed by atoms with van der Waals surface area (Å²) in [6.07, 6.45) is 4.10. The zero-order valence-electron chi connectivity index (χ0n) is 11.2. The molecule has 5 nitrogen and oxygen atoms in total. The molecule has 2 saturated heterocycles. The van der Waals surface area contributed by atoms with Crippen LogP contribution in [0, 0.1) is 11.8 Å². The number of nitrogens with one attached hydrogen (secondary N) is 2. The number of rotatable bonds is 4. The van der Waals surface area contributed by atoms with E-state index in [4.69, 9.17) is 0 Å². The van der Waals surface area contributed by atoms with Crippen LogP contribution in [0.1, 0.15) is 32.6 Å². The number of hydrogen-bond acceptors (Lipinski definition) is 3. The second-order valence-electron chi connectivity index (χ2n) is 5.63. The third-order valence-electron chi connectivity index (χ3n) is 4.10. The SMILES string of the molecule is CC1CCN(S(=O)(=O)NCC2CCNCC2)CC1. The molecule has 0 aliphatic carbocycles. The van der Waals surface area contributed by atoms with Crippen LogP contribution in [0.5, 0.6) is 0 Å². The fourth-order valence-corrected chi connectivity index (χ4v) is 3.95. The van der Waals surface area contributed by atoms with Gasteiger partial charge in [0.15, 0.2) is 0 Å². The standard InChI is InChI=1S/C12H25N3O2S/c1-11-4-8-15(9-5-11)18(16,17)14-10-12-2-6-13-7-3-12/h11-14H,2-10H2,1H3. The fraction of sp³-hybridized carbons (Fsp3) is 1.00. The van der Waals surface area contributed by atoms with Crippen LogP contribution in [0.25, 0.3) is 0 Å². The largest absolute Gasteiger partial charge is 0.317 e. The highest BCUT2D eigenvalue weighted by Gasteiger charge is 2.26. The number of hydrogen-bond donors (Lipinski definition) is 2. The van der Waals surface area contributed by atoms with Gasteiger partial charge in [0.2, 0.25) is 0 Å². The van der Waals surface area contributed by atoms with E-state index in [1.807, 2.05) is 0 Å². The summed E-state index contributed by atoms with van der Waals surface area (Å²) in [7, 11) is -3.24. The zero-order chi connectivity index (χ0) is 13.0. The minimum absolute atomic E-state index is 0.490. The Labute approximate surface area is 110 Å². The second kappa shape index (κ2) is 6.32. The Morgan fingerprint density at radius 2 is 1.78 bits per heavy atom. The van der Waals surface area contributed by atoms with E-state index in [0.29, 0.717) is 31.5 Å². The topological polar surface area (TPSA) is 61.4 Å². The number of nitrogens with zero attached hydrogens (tertiary/aromatic N) is 1. The van der Waals surface area contributed by atoms with Gasteiger partial charge >= 0.3 is 0 Å². The van der Waals surface area contributed by atoms with Crippen molar-refractivity contribution >= 4 is 10.2 Å². The third kappa shape index (κ3) is 3.91. The minimum Gasteiger partial charge on any atom is -0.317 e. The van der Waals surface area contributed by atoms with Crippen molar-refractivity contribution in [1.82, 2.24) is 14.3 Å². The van der Waals surface area contributed by atoms with Crippen molar-refractivity contribution in [3.63, 3.8) is 0 Å². The lowest BCUT2D eigenvalue weighted by Gasteiger charge is -2.30. The molecule has 0 amide bonds. The summed E-state index contributed by atoms with van der Waals surface area (Å²) >= 11 is 0. The van der Waals surface area contributed by atoms with Crippen molar-refractivity contribution in [2.75, 3.05) is 32.7 Å². The molecule has 2 aliphatic rings. The Morgan fingerprint density at radius 3 is 2.39 bits per heavy atom. The lowest BCUT2D eigenvalue weighted by Crippen LogP contribution is -2.46. The molecular weight excluding hydrogens is 250 g/mol. The Morgan fingerprint density at radius 1 is 1.17 bits per heavy atom. The van der Waals surface area contributed by atoms with E-state index in [0.717, 1.165) is 38.8 Å². The molecule has 0 saturated carbocycles. The smallest absolute Gasteiger partial charge is 0.279 e. The summed E-state index contributed by atoms with van der Waals surface area (Å²) in [6.45, 7) is 6.13. The van der Waals surface area contributed by atoms with Crippen molar-refractivity contribution in [1.29, 1.82) is 0 Å². The van der Waals surface area contributed by atoms with Crippen LogP contribution < -0.4 is 10.0 Å². The summed E-state index contributed by atoms with van der Waals surface area (Å²) in [4.78, 5) is 0. The summed E-state index contributed by atoms with van der Waals surface area (Å²) in [5.41, 5.74) is 0. The van der Waals surface area contributed by atoms with Gasteiger partial charge in [-0.1, -0.05) is 6.92 Å². The Hall–Kier alpha value is -0.170. The van der Waals surface area contributed by atoms with Gasteiger partial charge < -0.3 is 5.32 Å². The molecular formula is C12H25N3O2S. The predicted octanol–water partition coefficient (Wildman–Crippen LogP) is 0.552. The van der Waals surface area contributed by atoms with Gasteiger partial charge in [-0.15, -0.1) is 0 Å². The molecule has 2 rings (SSSR count). The molecule has 0 bridgehead atoms. The van der Waals surface area contributed by atoms with E-state index in [-0.39, 0.29) is 0 Å². The first-order valence-electron chi connectivity index (χ1n) is 7.03. The summed E-state index contributed by atoms with van der Waals surface area (Å²) < 4.78 is 28.7. The van der Waals surface area contributed by atoms with Gasteiger partial charge in [0, 0.05) is 19.6 Å².